The molecule has 0 radical (unpaired) electrons. The van der Waals surface area contributed by atoms with Crippen LogP contribution in [0.4, 0.5) is 17.1 Å². The van der Waals surface area contributed by atoms with E-state index in [1.807, 2.05) is 0 Å². The highest BCUT2D eigenvalue weighted by Crippen LogP contribution is 2.61. The minimum Gasteiger partial charge on any atom is -0.308 e. The number of fused-ring (bicyclic) bond motifs is 4. The van der Waals surface area contributed by atoms with Gasteiger partial charge in [-0.05, 0) is 96.0 Å². The maximum absolute atomic E-state index is 7.12. The van der Waals surface area contributed by atoms with Gasteiger partial charge < -0.3 is 4.90 Å². The van der Waals surface area contributed by atoms with E-state index in [9.17, 15) is 0 Å². The average molecular weight is 672 g/mol. The Kier molecular flexibility index (Phi) is 7.11. The first kappa shape index (κ1) is 29.3. The van der Waals surface area contributed by atoms with Gasteiger partial charge in [0.2, 0.25) is 0 Å². The van der Waals surface area contributed by atoms with Gasteiger partial charge in [-0.1, -0.05) is 134 Å². The predicted octanol–water partition coefficient (Wildman–Crippen LogP) is 8.92. The molecule has 2 saturated carbocycles. The van der Waals surface area contributed by atoms with Crippen molar-refractivity contribution in [1.82, 2.24) is 0 Å². The van der Waals surface area contributed by atoms with Gasteiger partial charge in [-0.25, -0.2) is 0 Å². The summed E-state index contributed by atoms with van der Waals surface area (Å²) >= 11 is 14.2. The van der Waals surface area contributed by atoms with Crippen LogP contribution in [0.25, 0.3) is 0 Å². The molecule has 5 aromatic rings. The number of nitrogens with zero attached hydrogens (tertiary/aromatic N) is 1. The Morgan fingerprint density at radius 2 is 0.935 bits per heavy atom. The van der Waals surface area contributed by atoms with Crippen molar-refractivity contribution in [3.05, 3.63) is 126 Å². The summed E-state index contributed by atoms with van der Waals surface area (Å²) in [6.45, 7) is 2.24. The molecule has 0 saturated heterocycles. The van der Waals surface area contributed by atoms with Crippen LogP contribution in [-0.4, -0.2) is 0 Å². The molecule has 9 rings (SSSR count). The fourth-order valence-electron chi connectivity index (χ4n) is 8.91. The zero-order chi connectivity index (χ0) is 31.0. The van der Waals surface area contributed by atoms with Gasteiger partial charge in [-0.15, -0.1) is 0 Å². The molecule has 1 nitrogen and oxygen atoms in total. The van der Waals surface area contributed by atoms with Crippen LogP contribution >= 0.6 is 12.1 Å². The van der Waals surface area contributed by atoms with Crippen LogP contribution in [0.1, 0.15) is 79.9 Å². The van der Waals surface area contributed by atoms with Gasteiger partial charge in [-0.2, -0.15) is 0 Å². The van der Waals surface area contributed by atoms with Crippen LogP contribution in [-0.2, 0) is 23.6 Å². The van der Waals surface area contributed by atoms with E-state index < -0.39 is 12.1 Å². The first-order valence-electron chi connectivity index (χ1n) is 17.0. The Labute approximate surface area is 284 Å². The molecule has 0 amide bonds. The van der Waals surface area contributed by atoms with Crippen LogP contribution < -0.4 is 36.7 Å². The first-order valence-corrected chi connectivity index (χ1v) is 22.6. The highest BCUT2D eigenvalue weighted by Gasteiger charge is 2.46. The Hall–Kier alpha value is -2.80. The lowest BCUT2D eigenvalue weighted by Crippen LogP contribution is -2.46. The maximum Gasteiger partial charge on any atom is 0.0644 e. The van der Waals surface area contributed by atoms with Crippen LogP contribution in [0.2, 0.25) is 0 Å². The van der Waals surface area contributed by atoms with Crippen molar-refractivity contribution in [3.8, 4) is 0 Å². The minimum atomic E-state index is -2.40. The second-order valence-electron chi connectivity index (χ2n) is 13.8. The number of hydrogen-bond donors (Lipinski definition) is 0. The lowest BCUT2D eigenvalue weighted by Gasteiger charge is -2.47. The molecule has 0 aromatic heterocycles. The van der Waals surface area contributed by atoms with E-state index >= 15 is 0 Å². The van der Waals surface area contributed by atoms with E-state index in [0.717, 1.165) is 0 Å². The highest BCUT2D eigenvalue weighted by atomic mass is 32.4. The summed E-state index contributed by atoms with van der Waals surface area (Å²) in [6.07, 6.45) is 10.4. The fourth-order valence-corrected chi connectivity index (χ4v) is 17.7. The monoisotopic (exact) mass is 671 g/mol. The number of rotatable bonds is 4. The van der Waals surface area contributed by atoms with Crippen molar-refractivity contribution < 1.29 is 0 Å². The average Bonchev–Trinajstić information content (AvgIpc) is 3.84. The van der Waals surface area contributed by atoms with Crippen molar-refractivity contribution >= 4 is 84.6 Å². The standard InChI is InChI=1S/C41H39NP2S2/c1-28-24-39-41-40(25-28)44(46,34-18-6-3-7-19-34)38-23-21-32(30-14-10-11-15-30)27-36(38)42(41)35-26-31(29-12-8-9-13-29)20-22-37(35)43(39,45)33-16-4-2-5-17-33/h2-7,16-27,29-30H,8-15H2,1H3. The third kappa shape index (κ3) is 4.25. The molecule has 5 aromatic carbocycles. The molecule has 5 heteroatoms. The fraction of sp³-hybridized carbons (Fsp3) is 0.268. The Morgan fingerprint density at radius 3 is 1.35 bits per heavy atom. The van der Waals surface area contributed by atoms with Crippen molar-refractivity contribution in [2.45, 2.75) is 70.1 Å². The molecular weight excluding hydrogens is 633 g/mol. The van der Waals surface area contributed by atoms with Crippen molar-refractivity contribution in [2.75, 3.05) is 4.90 Å². The van der Waals surface area contributed by atoms with Gasteiger partial charge in [0.1, 0.15) is 0 Å². The van der Waals surface area contributed by atoms with E-state index in [4.69, 9.17) is 23.6 Å². The molecule has 2 heterocycles. The van der Waals surface area contributed by atoms with Crippen LogP contribution in [0.3, 0.4) is 0 Å². The predicted molar refractivity (Wildman–Crippen MR) is 208 cm³/mol. The maximum atomic E-state index is 7.12. The van der Waals surface area contributed by atoms with E-state index in [0.29, 0.717) is 11.8 Å². The van der Waals surface area contributed by atoms with Crippen molar-refractivity contribution in [1.29, 1.82) is 0 Å². The zero-order valence-corrected chi connectivity index (χ0v) is 29.8. The summed E-state index contributed by atoms with van der Waals surface area (Å²) in [5.41, 5.74) is 8.09. The second kappa shape index (κ2) is 11.1. The quantitative estimate of drug-likeness (QED) is 0.172. The third-order valence-electron chi connectivity index (χ3n) is 11.2. The third-order valence-corrected chi connectivity index (χ3v) is 21.0. The van der Waals surface area contributed by atoms with Gasteiger partial charge in [0.25, 0.3) is 0 Å². The molecule has 0 N–H and O–H groups in total. The number of benzene rings is 5. The molecule has 0 spiro atoms. The Morgan fingerprint density at radius 1 is 0.522 bits per heavy atom. The molecule has 0 bridgehead atoms. The Bertz CT molecular complexity index is 1950. The van der Waals surface area contributed by atoms with E-state index in [1.165, 1.54) is 117 Å². The van der Waals surface area contributed by atoms with Gasteiger partial charge >= 0.3 is 0 Å². The van der Waals surface area contributed by atoms with E-state index in [2.05, 4.69) is 121 Å². The molecule has 4 aliphatic rings. The zero-order valence-electron chi connectivity index (χ0n) is 26.4. The van der Waals surface area contributed by atoms with E-state index in [-0.39, 0.29) is 0 Å². The molecule has 2 atom stereocenters. The van der Waals surface area contributed by atoms with Crippen LogP contribution in [0.15, 0.2) is 109 Å². The molecular formula is C41H39NP2S2. The van der Waals surface area contributed by atoms with Crippen LogP contribution in [0, 0.1) is 6.92 Å². The Balaban J connectivity index is 1.41. The summed E-state index contributed by atoms with van der Waals surface area (Å²) in [4.78, 5) is 2.65. The smallest absolute Gasteiger partial charge is 0.0644 e. The molecule has 230 valence electrons. The molecule has 46 heavy (non-hydrogen) atoms. The van der Waals surface area contributed by atoms with Crippen LogP contribution in [0.5, 0.6) is 0 Å². The second-order valence-corrected chi connectivity index (χ2v) is 22.5. The molecule has 2 unspecified atom stereocenters. The van der Waals surface area contributed by atoms with Crippen molar-refractivity contribution in [3.63, 3.8) is 0 Å². The summed E-state index contributed by atoms with van der Waals surface area (Å²) in [5.74, 6) is 1.26. The van der Waals surface area contributed by atoms with E-state index in [1.54, 1.807) is 0 Å². The molecule has 2 fully saturated rings. The number of aryl methyl sites for hydroxylation is 1. The largest absolute Gasteiger partial charge is 0.308 e. The number of anilines is 3. The highest BCUT2D eigenvalue weighted by molar-refractivity contribution is 8.27. The molecule has 2 aliphatic carbocycles. The van der Waals surface area contributed by atoms with Gasteiger partial charge in [0.05, 0.1) is 17.1 Å². The normalized spacial score (nSPS) is 23.6. The number of hydrogen-bond acceptors (Lipinski definition) is 3. The first-order chi connectivity index (χ1) is 22.5. The van der Waals surface area contributed by atoms with Gasteiger partial charge in [-0.3, -0.25) is 0 Å². The molecule has 2 aliphatic heterocycles. The van der Waals surface area contributed by atoms with Gasteiger partial charge in [0.15, 0.2) is 0 Å². The summed E-state index contributed by atoms with van der Waals surface area (Å²) in [5, 5.41) is 7.81. The summed E-state index contributed by atoms with van der Waals surface area (Å²) in [7, 11) is 0. The van der Waals surface area contributed by atoms with Gasteiger partial charge in [0, 0.05) is 33.3 Å². The SMILES string of the molecule is Cc1cc2c3c(c1)P(=S)(c1ccccc1)c1ccc(C4CCCC4)cc1N3c1cc(C3CCCC3)ccc1P2(=S)c1ccccc1. The summed E-state index contributed by atoms with van der Waals surface area (Å²) < 4.78 is 0. The minimum absolute atomic E-state index is 0.628. The van der Waals surface area contributed by atoms with Crippen molar-refractivity contribution in [2.24, 2.45) is 0 Å². The lowest BCUT2D eigenvalue weighted by molar-refractivity contribution is 0.723. The summed E-state index contributed by atoms with van der Waals surface area (Å²) in [6, 6.07) is 36.9. The topological polar surface area (TPSA) is 3.24 Å². The lowest BCUT2D eigenvalue weighted by atomic mass is 9.95.